The topological polar surface area (TPSA) is 51.8 Å². The van der Waals surface area contributed by atoms with Gasteiger partial charge in [0.25, 0.3) is 0 Å². The van der Waals surface area contributed by atoms with Crippen molar-refractivity contribution in [3.63, 3.8) is 0 Å². The highest BCUT2D eigenvalue weighted by Gasteiger charge is 2.18. The molecule has 0 aromatic carbocycles. The maximum absolute atomic E-state index is 5.30. The molecule has 0 amide bonds. The molecule has 2 aromatic rings. The van der Waals surface area contributed by atoms with Gasteiger partial charge >= 0.3 is 0 Å². The van der Waals surface area contributed by atoms with Crippen LogP contribution >= 0.6 is 0 Å². The first-order chi connectivity index (χ1) is 8.42. The highest BCUT2D eigenvalue weighted by Crippen LogP contribution is 2.28. The van der Waals surface area contributed by atoms with Crippen LogP contribution in [-0.4, -0.2) is 15.1 Å². The number of pyridine rings is 1. The van der Waals surface area contributed by atoms with Crippen LogP contribution in [0.1, 0.15) is 31.6 Å². The van der Waals surface area contributed by atoms with Crippen LogP contribution in [0.4, 0.5) is 0 Å². The molecule has 0 spiro atoms. The average Bonchev–Trinajstić information content (AvgIpc) is 3.02. The smallest absolute Gasteiger partial charge is 0.227 e. The quantitative estimate of drug-likeness (QED) is 0.812. The Morgan fingerprint density at radius 2 is 1.94 bits per heavy atom. The monoisotopic (exact) mass is 229 g/mol. The van der Waals surface area contributed by atoms with Gasteiger partial charge in [0, 0.05) is 24.4 Å². The van der Waals surface area contributed by atoms with Crippen LogP contribution < -0.4 is 0 Å². The van der Waals surface area contributed by atoms with Crippen LogP contribution in [0.15, 0.2) is 29.0 Å². The Morgan fingerprint density at radius 1 is 1.18 bits per heavy atom. The highest BCUT2D eigenvalue weighted by atomic mass is 16.5. The van der Waals surface area contributed by atoms with Gasteiger partial charge in [0.05, 0.1) is 0 Å². The van der Waals surface area contributed by atoms with Crippen LogP contribution in [-0.2, 0) is 6.42 Å². The second-order valence-electron chi connectivity index (χ2n) is 4.60. The minimum absolute atomic E-state index is 0.667. The second-order valence-corrected chi connectivity index (χ2v) is 4.60. The van der Waals surface area contributed by atoms with E-state index in [1.165, 1.54) is 25.7 Å². The van der Waals surface area contributed by atoms with Gasteiger partial charge in [0.15, 0.2) is 0 Å². The number of aromatic nitrogens is 3. The summed E-state index contributed by atoms with van der Waals surface area (Å²) >= 11 is 0. The van der Waals surface area contributed by atoms with Gasteiger partial charge in [-0.25, -0.2) is 0 Å². The fraction of sp³-hybridized carbons (Fsp3) is 0.462. The minimum atomic E-state index is 0.667. The van der Waals surface area contributed by atoms with Crippen LogP contribution in [0.2, 0.25) is 0 Å². The average molecular weight is 229 g/mol. The third-order valence-corrected chi connectivity index (χ3v) is 3.34. The van der Waals surface area contributed by atoms with Gasteiger partial charge in [-0.15, -0.1) is 0 Å². The summed E-state index contributed by atoms with van der Waals surface area (Å²) in [6.45, 7) is 0. The van der Waals surface area contributed by atoms with Crippen molar-refractivity contribution >= 4 is 0 Å². The lowest BCUT2D eigenvalue weighted by molar-refractivity contribution is 0.353. The summed E-state index contributed by atoms with van der Waals surface area (Å²) < 4.78 is 5.30. The van der Waals surface area contributed by atoms with Crippen molar-refractivity contribution in [1.82, 2.24) is 15.1 Å². The molecule has 4 heteroatoms. The molecule has 1 fully saturated rings. The van der Waals surface area contributed by atoms with Crippen LogP contribution in [0.25, 0.3) is 11.4 Å². The summed E-state index contributed by atoms with van der Waals surface area (Å²) in [6.07, 6.45) is 9.69. The van der Waals surface area contributed by atoms with E-state index in [0.29, 0.717) is 5.82 Å². The lowest BCUT2D eigenvalue weighted by Gasteiger charge is -2.02. The predicted molar refractivity (Wildman–Crippen MR) is 63.2 cm³/mol. The predicted octanol–water partition coefficient (Wildman–Crippen LogP) is 2.86. The number of hydrogen-bond donors (Lipinski definition) is 0. The number of hydrogen-bond acceptors (Lipinski definition) is 4. The molecule has 1 aliphatic carbocycles. The Hall–Kier alpha value is -1.71. The maximum atomic E-state index is 5.30. The minimum Gasteiger partial charge on any atom is -0.339 e. The molecule has 0 N–H and O–H groups in total. The van der Waals surface area contributed by atoms with E-state index in [1.54, 1.807) is 12.4 Å². The molecule has 2 heterocycles. The molecule has 1 aliphatic rings. The fourth-order valence-electron chi connectivity index (χ4n) is 2.42. The van der Waals surface area contributed by atoms with Gasteiger partial charge in [-0.3, -0.25) is 4.98 Å². The zero-order valence-corrected chi connectivity index (χ0v) is 9.67. The third kappa shape index (κ3) is 2.35. The molecule has 0 radical (unpaired) electrons. The fourth-order valence-corrected chi connectivity index (χ4v) is 2.42. The first-order valence-electron chi connectivity index (χ1n) is 6.15. The Morgan fingerprint density at radius 3 is 2.71 bits per heavy atom. The Balaban J connectivity index is 1.74. The standard InChI is InChI=1S/C13H15N3O/c1-2-4-10(3-1)9-12-15-13(16-17-12)11-5-7-14-8-6-11/h5-8,10H,1-4,9H2. The molecular formula is C13H15N3O. The first kappa shape index (κ1) is 10.4. The van der Waals surface area contributed by atoms with E-state index in [2.05, 4.69) is 15.1 Å². The Kier molecular flexibility index (Phi) is 2.86. The summed E-state index contributed by atoms with van der Waals surface area (Å²) in [5, 5.41) is 4.01. The van der Waals surface area contributed by atoms with E-state index < -0.39 is 0 Å². The summed E-state index contributed by atoms with van der Waals surface area (Å²) in [5.41, 5.74) is 0.960. The molecule has 0 saturated heterocycles. The maximum Gasteiger partial charge on any atom is 0.227 e. The van der Waals surface area contributed by atoms with E-state index in [9.17, 15) is 0 Å². The van der Waals surface area contributed by atoms with Crippen molar-refractivity contribution in [2.45, 2.75) is 32.1 Å². The normalized spacial score (nSPS) is 16.5. The van der Waals surface area contributed by atoms with Gasteiger partial charge < -0.3 is 4.52 Å². The first-order valence-corrected chi connectivity index (χ1v) is 6.15. The van der Waals surface area contributed by atoms with E-state index in [-0.39, 0.29) is 0 Å². The summed E-state index contributed by atoms with van der Waals surface area (Å²) in [6, 6.07) is 3.79. The van der Waals surface area contributed by atoms with Crippen molar-refractivity contribution in [1.29, 1.82) is 0 Å². The molecule has 0 bridgehead atoms. The number of rotatable bonds is 3. The zero-order valence-electron chi connectivity index (χ0n) is 9.67. The summed E-state index contributed by atoms with van der Waals surface area (Å²) in [5.74, 6) is 2.17. The van der Waals surface area contributed by atoms with E-state index in [4.69, 9.17) is 4.52 Å². The zero-order chi connectivity index (χ0) is 11.5. The molecule has 1 saturated carbocycles. The Bertz CT molecular complexity index is 474. The van der Waals surface area contributed by atoms with Crippen molar-refractivity contribution < 1.29 is 4.52 Å². The van der Waals surface area contributed by atoms with Crippen molar-refractivity contribution in [3.8, 4) is 11.4 Å². The second kappa shape index (κ2) is 4.65. The van der Waals surface area contributed by atoms with Gasteiger partial charge in [-0.05, 0) is 30.9 Å². The van der Waals surface area contributed by atoms with Crippen LogP contribution in [0.3, 0.4) is 0 Å². The molecule has 0 unspecified atom stereocenters. The lowest BCUT2D eigenvalue weighted by Crippen LogP contribution is -1.98. The van der Waals surface area contributed by atoms with Crippen LogP contribution in [0.5, 0.6) is 0 Å². The van der Waals surface area contributed by atoms with Gasteiger partial charge in [0.1, 0.15) is 0 Å². The van der Waals surface area contributed by atoms with Crippen molar-refractivity contribution in [3.05, 3.63) is 30.4 Å². The van der Waals surface area contributed by atoms with Gasteiger partial charge in [0.2, 0.25) is 11.7 Å². The van der Waals surface area contributed by atoms with E-state index in [1.807, 2.05) is 12.1 Å². The molecule has 2 aromatic heterocycles. The summed E-state index contributed by atoms with van der Waals surface area (Å²) in [7, 11) is 0. The van der Waals surface area contributed by atoms with Gasteiger partial charge in [-0.2, -0.15) is 4.98 Å². The molecule has 17 heavy (non-hydrogen) atoms. The number of nitrogens with zero attached hydrogens (tertiary/aromatic N) is 3. The highest BCUT2D eigenvalue weighted by molar-refractivity contribution is 5.52. The van der Waals surface area contributed by atoms with Crippen LogP contribution in [0, 0.1) is 5.92 Å². The third-order valence-electron chi connectivity index (χ3n) is 3.34. The molecular weight excluding hydrogens is 214 g/mol. The van der Waals surface area contributed by atoms with Gasteiger partial charge in [-0.1, -0.05) is 18.0 Å². The molecule has 4 nitrogen and oxygen atoms in total. The SMILES string of the molecule is c1cc(-c2noc(CC3CCCC3)n2)ccn1. The molecule has 0 aliphatic heterocycles. The largest absolute Gasteiger partial charge is 0.339 e. The molecule has 3 rings (SSSR count). The molecule has 88 valence electrons. The van der Waals surface area contributed by atoms with E-state index in [0.717, 1.165) is 23.8 Å². The lowest BCUT2D eigenvalue weighted by atomic mass is 10.0. The van der Waals surface area contributed by atoms with E-state index >= 15 is 0 Å². The van der Waals surface area contributed by atoms with Crippen molar-refractivity contribution in [2.75, 3.05) is 0 Å². The summed E-state index contributed by atoms with van der Waals surface area (Å²) in [4.78, 5) is 8.41. The molecule has 0 atom stereocenters. The van der Waals surface area contributed by atoms with Crippen molar-refractivity contribution in [2.24, 2.45) is 5.92 Å². The Labute approximate surface area is 100 Å².